The van der Waals surface area contributed by atoms with Crippen molar-refractivity contribution in [1.29, 1.82) is 0 Å². The number of hydrogen-bond donors (Lipinski definition) is 2. The summed E-state index contributed by atoms with van der Waals surface area (Å²) in [5.41, 5.74) is 3.34. The molecular weight excluding hydrogens is 320 g/mol. The first kappa shape index (κ1) is 16.9. The lowest BCUT2D eigenvalue weighted by molar-refractivity contribution is -0.113. The molecule has 0 saturated heterocycles. The van der Waals surface area contributed by atoms with Crippen molar-refractivity contribution >= 4 is 29.3 Å². The van der Waals surface area contributed by atoms with E-state index in [0.717, 1.165) is 0 Å². The van der Waals surface area contributed by atoms with E-state index in [0.29, 0.717) is 23.0 Å². The summed E-state index contributed by atoms with van der Waals surface area (Å²) in [6.45, 7) is 2.16. The van der Waals surface area contributed by atoms with E-state index >= 15 is 0 Å². The van der Waals surface area contributed by atoms with Gasteiger partial charge in [0.15, 0.2) is 0 Å². The van der Waals surface area contributed by atoms with Gasteiger partial charge < -0.3 is 5.32 Å². The van der Waals surface area contributed by atoms with Gasteiger partial charge in [-0.2, -0.15) is 0 Å². The highest BCUT2D eigenvalue weighted by Crippen LogP contribution is 2.14. The molecular formula is C13H16N6O3S. The summed E-state index contributed by atoms with van der Waals surface area (Å²) >= 11 is 1.23. The Bertz CT molecular complexity index is 673. The Hall–Kier alpha value is -2.46. The number of benzene rings is 1. The van der Waals surface area contributed by atoms with Crippen molar-refractivity contribution in [3.8, 4) is 0 Å². The number of nitrogens with one attached hydrogen (secondary N) is 2. The van der Waals surface area contributed by atoms with Crippen molar-refractivity contribution in [2.45, 2.75) is 12.1 Å². The third-order valence-corrected chi connectivity index (χ3v) is 3.66. The van der Waals surface area contributed by atoms with E-state index in [1.807, 2.05) is 0 Å². The van der Waals surface area contributed by atoms with E-state index in [2.05, 4.69) is 26.3 Å². The standard InChI is InChI=1S/C13H16N6O3S/c1-3-22-16-12(21)9-4-6-10(7-5-9)14-11(20)8-23-13-15-17-18-19(13)2/h4-7H,3,8H2,1-2H3,(H,14,20)(H,16,21). The molecule has 1 heterocycles. The Kier molecular flexibility index (Phi) is 6.06. The molecule has 0 radical (unpaired) electrons. The van der Waals surface area contributed by atoms with Crippen molar-refractivity contribution in [3.05, 3.63) is 29.8 Å². The molecule has 2 aromatic rings. The highest BCUT2D eigenvalue weighted by atomic mass is 32.2. The van der Waals surface area contributed by atoms with Crippen LogP contribution in [0, 0.1) is 0 Å². The SMILES string of the molecule is CCONC(=O)c1ccc(NC(=O)CSc2nnnn2C)cc1. The minimum Gasteiger partial charge on any atom is -0.325 e. The maximum absolute atomic E-state index is 11.9. The highest BCUT2D eigenvalue weighted by molar-refractivity contribution is 7.99. The summed E-state index contributed by atoms with van der Waals surface area (Å²) in [5.74, 6) is -0.347. The number of carbonyl (C=O) groups excluding carboxylic acids is 2. The fourth-order valence-electron chi connectivity index (χ4n) is 1.57. The van der Waals surface area contributed by atoms with Gasteiger partial charge in [-0.1, -0.05) is 11.8 Å². The predicted molar refractivity (Wildman–Crippen MR) is 83.7 cm³/mol. The normalized spacial score (nSPS) is 10.3. The Morgan fingerprint density at radius 2 is 2.04 bits per heavy atom. The molecule has 0 saturated carbocycles. The van der Waals surface area contributed by atoms with Gasteiger partial charge in [0.2, 0.25) is 11.1 Å². The van der Waals surface area contributed by atoms with Gasteiger partial charge in [0.1, 0.15) is 0 Å². The molecule has 2 rings (SSSR count). The zero-order valence-corrected chi connectivity index (χ0v) is 13.5. The molecule has 122 valence electrons. The first-order valence-corrected chi connectivity index (χ1v) is 7.76. The number of anilines is 1. The lowest BCUT2D eigenvalue weighted by Crippen LogP contribution is -2.23. The Morgan fingerprint density at radius 1 is 1.30 bits per heavy atom. The fraction of sp³-hybridized carbons (Fsp3) is 0.308. The van der Waals surface area contributed by atoms with Crippen LogP contribution in [0.3, 0.4) is 0 Å². The van der Waals surface area contributed by atoms with Gasteiger partial charge in [-0.05, 0) is 41.6 Å². The van der Waals surface area contributed by atoms with E-state index in [1.165, 1.54) is 16.4 Å². The van der Waals surface area contributed by atoms with Crippen molar-refractivity contribution in [3.63, 3.8) is 0 Å². The van der Waals surface area contributed by atoms with Crippen LogP contribution in [0.2, 0.25) is 0 Å². The molecule has 0 aliphatic heterocycles. The van der Waals surface area contributed by atoms with Crippen LogP contribution < -0.4 is 10.8 Å². The summed E-state index contributed by atoms with van der Waals surface area (Å²) in [6.07, 6.45) is 0. The van der Waals surface area contributed by atoms with Crippen LogP contribution in [0.15, 0.2) is 29.4 Å². The third kappa shape index (κ3) is 5.04. The molecule has 1 aromatic carbocycles. The monoisotopic (exact) mass is 336 g/mol. The van der Waals surface area contributed by atoms with Crippen LogP contribution in [0.1, 0.15) is 17.3 Å². The quantitative estimate of drug-likeness (QED) is 0.563. The maximum Gasteiger partial charge on any atom is 0.274 e. The number of tetrazole rings is 1. The molecule has 0 fully saturated rings. The first-order valence-electron chi connectivity index (χ1n) is 6.77. The third-order valence-electron chi connectivity index (χ3n) is 2.65. The number of hydrogen-bond acceptors (Lipinski definition) is 7. The number of thioether (sulfide) groups is 1. The van der Waals surface area contributed by atoms with Crippen molar-refractivity contribution in [2.24, 2.45) is 7.05 Å². The van der Waals surface area contributed by atoms with Crippen LogP contribution in [0.5, 0.6) is 0 Å². The fourth-order valence-corrected chi connectivity index (χ4v) is 2.22. The average Bonchev–Trinajstić information content (AvgIpc) is 2.96. The summed E-state index contributed by atoms with van der Waals surface area (Å²) in [7, 11) is 1.70. The number of nitrogens with zero attached hydrogens (tertiary/aromatic N) is 4. The van der Waals surface area contributed by atoms with Gasteiger partial charge >= 0.3 is 0 Å². The zero-order chi connectivity index (χ0) is 16.7. The Labute approximate surface area is 136 Å². The molecule has 0 bridgehead atoms. The molecule has 1 aromatic heterocycles. The highest BCUT2D eigenvalue weighted by Gasteiger charge is 2.09. The van der Waals surface area contributed by atoms with Gasteiger partial charge in [-0.15, -0.1) is 5.10 Å². The van der Waals surface area contributed by atoms with Crippen LogP contribution in [0.4, 0.5) is 5.69 Å². The minimum absolute atomic E-state index is 0.181. The van der Waals surface area contributed by atoms with Gasteiger partial charge in [0.05, 0.1) is 12.4 Å². The zero-order valence-electron chi connectivity index (χ0n) is 12.6. The van der Waals surface area contributed by atoms with Gasteiger partial charge in [-0.3, -0.25) is 14.4 Å². The first-order chi connectivity index (χ1) is 11.1. The maximum atomic E-state index is 11.9. The van der Waals surface area contributed by atoms with Crippen molar-refractivity contribution in [1.82, 2.24) is 25.7 Å². The molecule has 2 amide bonds. The van der Waals surface area contributed by atoms with Crippen LogP contribution >= 0.6 is 11.8 Å². The summed E-state index contributed by atoms with van der Waals surface area (Å²) in [4.78, 5) is 28.4. The number of aryl methyl sites for hydroxylation is 1. The number of carbonyl (C=O) groups is 2. The van der Waals surface area contributed by atoms with Crippen LogP contribution in [-0.2, 0) is 16.7 Å². The van der Waals surface area contributed by atoms with Crippen LogP contribution in [0.25, 0.3) is 0 Å². The van der Waals surface area contributed by atoms with Gasteiger partial charge in [0.25, 0.3) is 5.91 Å². The second-order valence-electron chi connectivity index (χ2n) is 4.36. The van der Waals surface area contributed by atoms with E-state index in [4.69, 9.17) is 4.84 Å². The molecule has 9 nitrogen and oxygen atoms in total. The number of rotatable bonds is 7. The molecule has 0 atom stereocenters. The molecule has 0 aliphatic carbocycles. The predicted octanol–water partition coefficient (Wildman–Crippen LogP) is 0.622. The van der Waals surface area contributed by atoms with E-state index < -0.39 is 0 Å². The second kappa shape index (κ2) is 8.25. The van der Waals surface area contributed by atoms with E-state index in [9.17, 15) is 9.59 Å². The largest absolute Gasteiger partial charge is 0.325 e. The van der Waals surface area contributed by atoms with Gasteiger partial charge in [-0.25, -0.2) is 10.2 Å². The molecule has 23 heavy (non-hydrogen) atoms. The molecule has 10 heteroatoms. The number of hydroxylamine groups is 1. The Morgan fingerprint density at radius 3 is 2.65 bits per heavy atom. The Balaban J connectivity index is 1.84. The van der Waals surface area contributed by atoms with Crippen molar-refractivity contribution in [2.75, 3.05) is 17.7 Å². The summed E-state index contributed by atoms with van der Waals surface area (Å²) in [6, 6.07) is 6.49. The lowest BCUT2D eigenvalue weighted by atomic mass is 10.2. The summed E-state index contributed by atoms with van der Waals surface area (Å²) < 4.78 is 1.49. The molecule has 0 aliphatic rings. The molecule has 2 N–H and O–H groups in total. The second-order valence-corrected chi connectivity index (χ2v) is 5.31. The van der Waals surface area contributed by atoms with E-state index in [1.54, 1.807) is 38.2 Å². The molecule has 0 spiro atoms. The van der Waals surface area contributed by atoms with Crippen LogP contribution in [-0.4, -0.2) is 44.4 Å². The average molecular weight is 336 g/mol. The van der Waals surface area contributed by atoms with E-state index in [-0.39, 0.29) is 17.6 Å². The molecule has 0 unspecified atom stereocenters. The number of aromatic nitrogens is 4. The van der Waals surface area contributed by atoms with Gasteiger partial charge in [0, 0.05) is 18.3 Å². The topological polar surface area (TPSA) is 111 Å². The van der Waals surface area contributed by atoms with Crippen molar-refractivity contribution < 1.29 is 14.4 Å². The lowest BCUT2D eigenvalue weighted by Gasteiger charge is -2.07. The summed E-state index contributed by atoms with van der Waals surface area (Å²) in [5, 5.41) is 14.2. The smallest absolute Gasteiger partial charge is 0.274 e. The minimum atomic E-state index is -0.338. The number of amides is 2.